The molecule has 0 aromatic heterocycles. The summed E-state index contributed by atoms with van der Waals surface area (Å²) in [5, 5.41) is 0. The van der Waals surface area contributed by atoms with Crippen LogP contribution in [0.25, 0.3) is 0 Å². The Labute approximate surface area is 119 Å². The van der Waals surface area contributed by atoms with E-state index in [9.17, 15) is 12.8 Å². The number of aryl methyl sites for hydroxylation is 1. The molecule has 0 saturated heterocycles. The molecule has 1 saturated carbocycles. The molecule has 2 rings (SSSR count). The lowest BCUT2D eigenvalue weighted by Gasteiger charge is -2.26. The average molecular weight is 300 g/mol. The molecule has 2 N–H and O–H groups in total. The Kier molecular flexibility index (Phi) is 4.07. The van der Waals surface area contributed by atoms with Gasteiger partial charge in [-0.25, -0.2) is 12.8 Å². The maximum Gasteiger partial charge on any atom is 0.243 e. The van der Waals surface area contributed by atoms with Crippen molar-refractivity contribution in [3.63, 3.8) is 0 Å². The Morgan fingerprint density at radius 2 is 2.00 bits per heavy atom. The maximum absolute atomic E-state index is 13.4. The molecule has 1 aliphatic rings. The van der Waals surface area contributed by atoms with E-state index in [0.29, 0.717) is 18.0 Å². The van der Waals surface area contributed by atoms with E-state index in [-0.39, 0.29) is 16.6 Å². The van der Waals surface area contributed by atoms with Crippen molar-refractivity contribution in [3.8, 4) is 0 Å². The van der Waals surface area contributed by atoms with Crippen molar-refractivity contribution in [2.24, 2.45) is 5.92 Å². The number of rotatable bonds is 5. The van der Waals surface area contributed by atoms with E-state index < -0.39 is 15.8 Å². The summed E-state index contributed by atoms with van der Waals surface area (Å²) in [7, 11) is -3.64. The lowest BCUT2D eigenvalue weighted by molar-refractivity contribution is 0.341. The molecular weight excluding hydrogens is 279 g/mol. The number of halogens is 1. The van der Waals surface area contributed by atoms with Gasteiger partial charge in [-0.15, -0.1) is 0 Å². The van der Waals surface area contributed by atoms with Gasteiger partial charge in [-0.2, -0.15) is 4.31 Å². The fraction of sp³-hybridized carbons (Fsp3) is 0.571. The van der Waals surface area contributed by atoms with Crippen LogP contribution in [0.15, 0.2) is 17.0 Å². The summed E-state index contributed by atoms with van der Waals surface area (Å²) in [5.41, 5.74) is 5.77. The zero-order chi connectivity index (χ0) is 15.1. The highest BCUT2D eigenvalue weighted by atomic mass is 32.2. The molecule has 0 bridgehead atoms. The molecule has 0 radical (unpaired) electrons. The summed E-state index contributed by atoms with van der Waals surface area (Å²) in [5.74, 6) is -0.134. The maximum atomic E-state index is 13.4. The van der Waals surface area contributed by atoms with Crippen LogP contribution in [0.2, 0.25) is 0 Å². The van der Waals surface area contributed by atoms with Crippen molar-refractivity contribution in [1.82, 2.24) is 4.31 Å². The second-order valence-corrected chi connectivity index (χ2v) is 7.61. The van der Waals surface area contributed by atoms with Crippen molar-refractivity contribution in [2.75, 3.05) is 12.3 Å². The Balaban J connectivity index is 2.44. The first-order valence-electron chi connectivity index (χ1n) is 6.81. The van der Waals surface area contributed by atoms with Gasteiger partial charge in [0, 0.05) is 12.6 Å². The predicted molar refractivity (Wildman–Crippen MR) is 77.3 cm³/mol. The van der Waals surface area contributed by atoms with Crippen molar-refractivity contribution in [1.29, 1.82) is 0 Å². The highest BCUT2D eigenvalue weighted by Crippen LogP contribution is 2.33. The lowest BCUT2D eigenvalue weighted by atomic mass is 10.2. The summed E-state index contributed by atoms with van der Waals surface area (Å²) in [6.45, 7) is 5.81. The molecule has 0 amide bonds. The van der Waals surface area contributed by atoms with Crippen LogP contribution < -0.4 is 5.73 Å². The molecule has 4 nitrogen and oxygen atoms in total. The molecule has 0 atom stereocenters. The van der Waals surface area contributed by atoms with E-state index in [1.807, 2.05) is 13.8 Å². The topological polar surface area (TPSA) is 63.4 Å². The predicted octanol–water partition coefficient (Wildman–Crippen LogP) is 2.53. The molecular formula is C14H21FN2O2S. The number of hydrogen-bond acceptors (Lipinski definition) is 3. The van der Waals surface area contributed by atoms with Crippen LogP contribution in [0.3, 0.4) is 0 Å². The molecule has 0 unspecified atom stereocenters. The average Bonchev–Trinajstić information content (AvgIpc) is 3.13. The van der Waals surface area contributed by atoms with E-state index in [4.69, 9.17) is 5.73 Å². The van der Waals surface area contributed by atoms with E-state index >= 15 is 0 Å². The summed E-state index contributed by atoms with van der Waals surface area (Å²) >= 11 is 0. The summed E-state index contributed by atoms with van der Waals surface area (Å²) in [4.78, 5) is 0.103. The Morgan fingerprint density at radius 1 is 1.40 bits per heavy atom. The van der Waals surface area contributed by atoms with Gasteiger partial charge < -0.3 is 5.73 Å². The highest BCUT2D eigenvalue weighted by molar-refractivity contribution is 7.89. The second-order valence-electron chi connectivity index (χ2n) is 5.75. The Bertz CT molecular complexity index is 610. The summed E-state index contributed by atoms with van der Waals surface area (Å²) in [6, 6.07) is 2.27. The Morgan fingerprint density at radius 3 is 2.50 bits per heavy atom. The molecule has 1 aromatic carbocycles. The summed E-state index contributed by atoms with van der Waals surface area (Å²) in [6.07, 6.45) is 2.15. The number of hydrogen-bond donors (Lipinski definition) is 1. The number of nitrogens with zero attached hydrogens (tertiary/aromatic N) is 1. The quantitative estimate of drug-likeness (QED) is 0.850. The number of benzene rings is 1. The van der Waals surface area contributed by atoms with Crippen LogP contribution in [0.1, 0.15) is 32.3 Å². The molecule has 0 aliphatic heterocycles. The highest BCUT2D eigenvalue weighted by Gasteiger charge is 2.34. The zero-order valence-corrected chi connectivity index (χ0v) is 12.9. The number of sulfonamides is 1. The smallest absolute Gasteiger partial charge is 0.243 e. The van der Waals surface area contributed by atoms with Crippen LogP contribution in [-0.2, 0) is 10.0 Å². The van der Waals surface area contributed by atoms with Gasteiger partial charge >= 0.3 is 0 Å². The first-order chi connectivity index (χ1) is 9.23. The fourth-order valence-corrected chi connectivity index (χ4v) is 4.17. The lowest BCUT2D eigenvalue weighted by Crippen LogP contribution is -2.38. The van der Waals surface area contributed by atoms with Crippen LogP contribution in [0.5, 0.6) is 0 Å². The zero-order valence-electron chi connectivity index (χ0n) is 12.1. The molecule has 1 aliphatic carbocycles. The molecule has 1 aromatic rings. The third-order valence-corrected chi connectivity index (χ3v) is 5.78. The van der Waals surface area contributed by atoms with Gasteiger partial charge in [0.2, 0.25) is 10.0 Å². The van der Waals surface area contributed by atoms with Gasteiger partial charge in [-0.1, -0.05) is 0 Å². The first kappa shape index (κ1) is 15.3. The number of nitrogen functional groups attached to an aromatic ring is 1. The standard InChI is InChI=1S/C14H21FN2O2S/c1-9(2)17(8-11-4-5-11)20(18,19)14-7-13(16)12(15)6-10(14)3/h6-7,9,11H,4-5,8,16H2,1-3H3. The third-order valence-electron chi connectivity index (χ3n) is 3.59. The number of nitrogens with two attached hydrogens (primary N) is 1. The minimum Gasteiger partial charge on any atom is -0.396 e. The number of anilines is 1. The van der Waals surface area contributed by atoms with Gasteiger partial charge in [-0.05, 0) is 57.2 Å². The van der Waals surface area contributed by atoms with Crippen molar-refractivity contribution < 1.29 is 12.8 Å². The molecule has 112 valence electrons. The van der Waals surface area contributed by atoms with Crippen LogP contribution in [0.4, 0.5) is 10.1 Å². The normalized spacial score (nSPS) is 16.1. The van der Waals surface area contributed by atoms with Crippen LogP contribution in [-0.4, -0.2) is 25.3 Å². The van der Waals surface area contributed by atoms with E-state index in [0.717, 1.165) is 12.8 Å². The van der Waals surface area contributed by atoms with Gasteiger partial charge in [0.05, 0.1) is 10.6 Å². The third kappa shape index (κ3) is 2.96. The molecule has 0 spiro atoms. The fourth-order valence-electron chi connectivity index (χ4n) is 2.21. The van der Waals surface area contributed by atoms with Crippen molar-refractivity contribution in [2.45, 2.75) is 44.6 Å². The molecule has 0 heterocycles. The van der Waals surface area contributed by atoms with Crippen molar-refractivity contribution >= 4 is 15.7 Å². The minimum atomic E-state index is -3.64. The summed E-state index contributed by atoms with van der Waals surface area (Å²) < 4.78 is 40.4. The second kappa shape index (κ2) is 5.33. The van der Waals surface area contributed by atoms with Crippen LogP contribution in [0, 0.1) is 18.7 Å². The van der Waals surface area contributed by atoms with E-state index in [1.54, 1.807) is 6.92 Å². The van der Waals surface area contributed by atoms with Crippen molar-refractivity contribution in [3.05, 3.63) is 23.5 Å². The van der Waals surface area contributed by atoms with Gasteiger partial charge in [0.15, 0.2) is 0 Å². The SMILES string of the molecule is Cc1cc(F)c(N)cc1S(=O)(=O)N(CC1CC1)C(C)C. The molecule has 1 fully saturated rings. The van der Waals surface area contributed by atoms with Crippen LogP contribution >= 0.6 is 0 Å². The van der Waals surface area contributed by atoms with Gasteiger partial charge in [0.25, 0.3) is 0 Å². The minimum absolute atomic E-state index is 0.103. The van der Waals surface area contributed by atoms with E-state index in [1.165, 1.54) is 16.4 Å². The monoisotopic (exact) mass is 300 g/mol. The largest absolute Gasteiger partial charge is 0.396 e. The van der Waals surface area contributed by atoms with Gasteiger partial charge in [-0.3, -0.25) is 0 Å². The van der Waals surface area contributed by atoms with E-state index in [2.05, 4.69) is 0 Å². The Hall–Kier alpha value is -1.14. The molecule has 20 heavy (non-hydrogen) atoms. The molecule has 6 heteroatoms. The first-order valence-corrected chi connectivity index (χ1v) is 8.25. The van der Waals surface area contributed by atoms with Gasteiger partial charge in [0.1, 0.15) is 5.82 Å².